The van der Waals surface area contributed by atoms with E-state index in [0.29, 0.717) is 32.6 Å². The number of aliphatic hydroxyl groups is 1. The average molecular weight is 451 g/mol. The summed E-state index contributed by atoms with van der Waals surface area (Å²) in [5.74, 6) is 0.369. The van der Waals surface area contributed by atoms with Gasteiger partial charge in [-0.1, -0.05) is 6.42 Å². The SMILES string of the molecule is O=S(=O)(NCCC1CCOC1)c1ccc(NCC[C@H]2CCC[C@H]2O)cc1C(F)(F)F. The van der Waals surface area contributed by atoms with Crippen LogP contribution in [0.25, 0.3) is 0 Å². The zero-order chi connectivity index (χ0) is 21.8. The lowest BCUT2D eigenvalue weighted by molar-refractivity contribution is -0.139. The van der Waals surface area contributed by atoms with E-state index in [4.69, 9.17) is 4.74 Å². The van der Waals surface area contributed by atoms with Crippen molar-refractivity contribution in [2.45, 2.75) is 55.7 Å². The number of rotatable bonds is 9. The van der Waals surface area contributed by atoms with Gasteiger partial charge in [0, 0.05) is 32.0 Å². The number of sulfonamides is 1. The van der Waals surface area contributed by atoms with Gasteiger partial charge in [-0.3, -0.25) is 0 Å². The number of alkyl halides is 3. The van der Waals surface area contributed by atoms with Crippen LogP contribution in [-0.2, 0) is 20.9 Å². The number of halogens is 3. The third-order valence-electron chi connectivity index (χ3n) is 5.91. The summed E-state index contributed by atoms with van der Waals surface area (Å²) in [6.07, 6.45) is -0.536. The molecule has 10 heteroatoms. The Bertz CT molecular complexity index is 811. The Labute approximate surface area is 175 Å². The predicted octanol–water partition coefficient (Wildman–Crippen LogP) is 3.37. The quantitative estimate of drug-likeness (QED) is 0.537. The van der Waals surface area contributed by atoms with Crippen LogP contribution in [0.2, 0.25) is 0 Å². The van der Waals surface area contributed by atoms with Gasteiger partial charge in [-0.15, -0.1) is 0 Å². The van der Waals surface area contributed by atoms with Gasteiger partial charge in [0.05, 0.1) is 16.6 Å². The molecule has 30 heavy (non-hydrogen) atoms. The zero-order valence-corrected chi connectivity index (χ0v) is 17.6. The monoisotopic (exact) mass is 450 g/mol. The number of benzene rings is 1. The van der Waals surface area contributed by atoms with E-state index in [0.717, 1.165) is 37.8 Å². The highest BCUT2D eigenvalue weighted by Gasteiger charge is 2.37. The van der Waals surface area contributed by atoms with E-state index >= 15 is 0 Å². The molecule has 1 saturated heterocycles. The lowest BCUT2D eigenvalue weighted by Gasteiger charge is -2.18. The third-order valence-corrected chi connectivity index (χ3v) is 7.43. The van der Waals surface area contributed by atoms with Crippen molar-refractivity contribution in [3.8, 4) is 0 Å². The molecule has 0 spiro atoms. The van der Waals surface area contributed by atoms with Gasteiger partial charge in [0.1, 0.15) is 0 Å². The van der Waals surface area contributed by atoms with Crippen LogP contribution in [0.15, 0.2) is 23.1 Å². The van der Waals surface area contributed by atoms with Gasteiger partial charge in [-0.25, -0.2) is 13.1 Å². The molecule has 3 atom stereocenters. The second-order valence-electron chi connectivity index (χ2n) is 8.10. The Balaban J connectivity index is 1.65. The Morgan fingerprint density at radius 1 is 1.13 bits per heavy atom. The molecule has 1 heterocycles. The van der Waals surface area contributed by atoms with Crippen LogP contribution in [-0.4, -0.2) is 45.9 Å². The van der Waals surface area contributed by atoms with Gasteiger partial charge in [0.2, 0.25) is 10.0 Å². The van der Waals surface area contributed by atoms with Crippen molar-refractivity contribution < 1.29 is 31.4 Å². The lowest BCUT2D eigenvalue weighted by Crippen LogP contribution is -2.28. The number of nitrogens with one attached hydrogen (secondary N) is 2. The minimum atomic E-state index is -4.80. The minimum Gasteiger partial charge on any atom is -0.393 e. The highest BCUT2D eigenvalue weighted by atomic mass is 32.2. The first-order valence-corrected chi connectivity index (χ1v) is 11.9. The van der Waals surface area contributed by atoms with E-state index in [1.807, 2.05) is 0 Å². The summed E-state index contributed by atoms with van der Waals surface area (Å²) >= 11 is 0. The van der Waals surface area contributed by atoms with Gasteiger partial charge >= 0.3 is 6.18 Å². The van der Waals surface area contributed by atoms with E-state index < -0.39 is 26.7 Å². The molecule has 170 valence electrons. The van der Waals surface area contributed by atoms with Crippen molar-refractivity contribution >= 4 is 15.7 Å². The fourth-order valence-corrected chi connectivity index (χ4v) is 5.39. The van der Waals surface area contributed by atoms with Crippen molar-refractivity contribution in [2.75, 3.05) is 31.6 Å². The maximum Gasteiger partial charge on any atom is 0.417 e. The van der Waals surface area contributed by atoms with E-state index in [1.165, 1.54) is 6.07 Å². The molecule has 3 N–H and O–H groups in total. The fourth-order valence-electron chi connectivity index (χ4n) is 4.14. The van der Waals surface area contributed by atoms with Crippen molar-refractivity contribution in [3.63, 3.8) is 0 Å². The first-order chi connectivity index (χ1) is 14.2. The first-order valence-electron chi connectivity index (χ1n) is 10.4. The Morgan fingerprint density at radius 3 is 2.57 bits per heavy atom. The van der Waals surface area contributed by atoms with Crippen LogP contribution in [0.1, 0.15) is 44.1 Å². The zero-order valence-electron chi connectivity index (χ0n) is 16.7. The summed E-state index contributed by atoms with van der Waals surface area (Å²) in [4.78, 5) is -0.769. The number of aliphatic hydroxyl groups excluding tert-OH is 1. The minimum absolute atomic E-state index is 0.0668. The van der Waals surface area contributed by atoms with Crippen molar-refractivity contribution in [1.29, 1.82) is 0 Å². The summed E-state index contributed by atoms with van der Waals surface area (Å²) < 4.78 is 73.3. The molecular weight excluding hydrogens is 421 g/mol. The van der Waals surface area contributed by atoms with Crippen molar-refractivity contribution in [2.24, 2.45) is 11.8 Å². The summed E-state index contributed by atoms with van der Waals surface area (Å²) in [5.41, 5.74) is -0.984. The molecule has 2 aliphatic rings. The molecule has 6 nitrogen and oxygen atoms in total. The Kier molecular flexibility index (Phi) is 7.65. The Morgan fingerprint density at radius 2 is 1.93 bits per heavy atom. The van der Waals surface area contributed by atoms with E-state index in [1.54, 1.807) is 0 Å². The maximum atomic E-state index is 13.6. The summed E-state index contributed by atoms with van der Waals surface area (Å²) in [5, 5.41) is 12.8. The molecule has 1 aliphatic heterocycles. The number of anilines is 1. The van der Waals surface area contributed by atoms with E-state index in [9.17, 15) is 26.7 Å². The topological polar surface area (TPSA) is 87.7 Å². The molecule has 3 rings (SSSR count). The molecule has 1 aromatic rings. The number of ether oxygens (including phenoxy) is 1. The predicted molar refractivity (Wildman–Crippen MR) is 107 cm³/mol. The fraction of sp³-hybridized carbons (Fsp3) is 0.700. The highest BCUT2D eigenvalue weighted by Crippen LogP contribution is 2.36. The van der Waals surface area contributed by atoms with E-state index in [2.05, 4.69) is 10.0 Å². The smallest absolute Gasteiger partial charge is 0.393 e. The molecule has 1 saturated carbocycles. The molecule has 0 radical (unpaired) electrons. The highest BCUT2D eigenvalue weighted by molar-refractivity contribution is 7.89. The van der Waals surface area contributed by atoms with Gasteiger partial charge in [-0.2, -0.15) is 13.2 Å². The van der Waals surface area contributed by atoms with Gasteiger partial charge in [0.25, 0.3) is 0 Å². The summed E-state index contributed by atoms with van der Waals surface area (Å²) in [6, 6.07) is 3.18. The molecule has 1 unspecified atom stereocenters. The molecule has 1 aliphatic carbocycles. The molecule has 0 bridgehead atoms. The number of hydrogen-bond donors (Lipinski definition) is 3. The number of hydrogen-bond acceptors (Lipinski definition) is 5. The third kappa shape index (κ3) is 6.09. The van der Waals surface area contributed by atoms with Crippen LogP contribution in [0, 0.1) is 11.8 Å². The first kappa shape index (κ1) is 23.3. The lowest BCUT2D eigenvalue weighted by atomic mass is 10.0. The van der Waals surface area contributed by atoms with Crippen LogP contribution in [0.5, 0.6) is 0 Å². The molecule has 1 aromatic carbocycles. The second-order valence-corrected chi connectivity index (χ2v) is 9.83. The second kappa shape index (κ2) is 9.84. The van der Waals surface area contributed by atoms with Gasteiger partial charge in [0.15, 0.2) is 0 Å². The largest absolute Gasteiger partial charge is 0.417 e. The van der Waals surface area contributed by atoms with Crippen LogP contribution < -0.4 is 10.0 Å². The standard InChI is InChI=1S/C20H29F3N2O4S/c21-20(22,23)17-12-16(24-9-7-15-2-1-3-18(15)26)4-5-19(17)30(27,28)25-10-6-14-8-11-29-13-14/h4-5,12,14-15,18,24-26H,1-3,6-11,13H2/t14?,15-,18-/m1/s1. The molecule has 0 amide bonds. The van der Waals surface area contributed by atoms with Crippen LogP contribution in [0.4, 0.5) is 18.9 Å². The van der Waals surface area contributed by atoms with Crippen molar-refractivity contribution in [1.82, 2.24) is 4.72 Å². The summed E-state index contributed by atoms with van der Waals surface area (Å²) in [6.45, 7) is 1.65. The Hall–Kier alpha value is -1.36. The van der Waals surface area contributed by atoms with Gasteiger partial charge < -0.3 is 15.2 Å². The summed E-state index contributed by atoms with van der Waals surface area (Å²) in [7, 11) is -4.30. The van der Waals surface area contributed by atoms with Gasteiger partial charge in [-0.05, 0) is 62.1 Å². The van der Waals surface area contributed by atoms with Crippen LogP contribution in [0.3, 0.4) is 0 Å². The molecule has 0 aromatic heterocycles. The van der Waals surface area contributed by atoms with Crippen molar-refractivity contribution in [3.05, 3.63) is 23.8 Å². The van der Waals surface area contributed by atoms with Crippen LogP contribution >= 0.6 is 0 Å². The van der Waals surface area contributed by atoms with E-state index in [-0.39, 0.29) is 30.2 Å². The normalized spacial score (nSPS) is 25.0. The maximum absolute atomic E-state index is 13.6. The molecule has 2 fully saturated rings. The molecular formula is C20H29F3N2O4S. The average Bonchev–Trinajstić information content (AvgIpc) is 3.33.